The summed E-state index contributed by atoms with van der Waals surface area (Å²) in [6.07, 6.45) is 6.34. The van der Waals surface area contributed by atoms with Crippen molar-refractivity contribution in [1.29, 1.82) is 0 Å². The Labute approximate surface area is 144 Å². The van der Waals surface area contributed by atoms with Gasteiger partial charge in [0.2, 0.25) is 0 Å². The normalized spacial score (nSPS) is 35.1. The van der Waals surface area contributed by atoms with Gasteiger partial charge in [-0.2, -0.15) is 13.1 Å². The minimum absolute atomic E-state index is 0.0218. The number of hydrogen-bond donors (Lipinski definition) is 1. The molecule has 8 heteroatoms. The smallest absolute Gasteiger partial charge is 0.335 e. The van der Waals surface area contributed by atoms with Gasteiger partial charge in [0.25, 0.3) is 0 Å². The molecule has 0 aromatic carbocycles. The number of rotatable bonds is 5. The highest BCUT2D eigenvalue weighted by atomic mass is 32.2. The predicted octanol–water partition coefficient (Wildman–Crippen LogP) is 1.63. The molecular formula is C16H29NO6S. The van der Waals surface area contributed by atoms with Crippen molar-refractivity contribution in [3.63, 3.8) is 0 Å². The molecule has 2 heterocycles. The quantitative estimate of drug-likeness (QED) is 0.747. The second kappa shape index (κ2) is 8.12. The van der Waals surface area contributed by atoms with Gasteiger partial charge >= 0.3 is 16.3 Å². The SMILES string of the molecule is CCC(C)C(=O)OC1CC2OC1C1CCCC21.CNS(=O)(=O)OC. The monoisotopic (exact) mass is 363 g/mol. The van der Waals surface area contributed by atoms with E-state index in [0.717, 1.165) is 25.9 Å². The highest BCUT2D eigenvalue weighted by Gasteiger charge is 2.56. The van der Waals surface area contributed by atoms with Crippen molar-refractivity contribution in [3.8, 4) is 0 Å². The number of ether oxygens (including phenoxy) is 2. The van der Waals surface area contributed by atoms with Gasteiger partial charge in [-0.3, -0.25) is 8.98 Å². The molecule has 0 spiro atoms. The van der Waals surface area contributed by atoms with E-state index in [1.807, 2.05) is 18.6 Å². The minimum atomic E-state index is -3.41. The van der Waals surface area contributed by atoms with Gasteiger partial charge in [-0.25, -0.2) is 0 Å². The number of hydrogen-bond acceptors (Lipinski definition) is 6. The molecule has 1 N–H and O–H groups in total. The maximum Gasteiger partial charge on any atom is 0.335 e. The zero-order valence-electron chi connectivity index (χ0n) is 14.9. The molecule has 6 atom stereocenters. The Kier molecular flexibility index (Phi) is 6.64. The fourth-order valence-electron chi connectivity index (χ4n) is 3.88. The fraction of sp³-hybridized carbons (Fsp3) is 0.938. The van der Waals surface area contributed by atoms with E-state index in [1.54, 1.807) is 0 Å². The van der Waals surface area contributed by atoms with Crippen molar-refractivity contribution >= 4 is 16.3 Å². The van der Waals surface area contributed by atoms with Crippen molar-refractivity contribution < 1.29 is 26.9 Å². The molecule has 0 radical (unpaired) electrons. The summed E-state index contributed by atoms with van der Waals surface area (Å²) in [6, 6.07) is 0. The number of esters is 1. The minimum Gasteiger partial charge on any atom is -0.459 e. The first kappa shape index (κ1) is 19.6. The summed E-state index contributed by atoms with van der Waals surface area (Å²) < 4.78 is 37.6. The van der Waals surface area contributed by atoms with E-state index in [9.17, 15) is 13.2 Å². The van der Waals surface area contributed by atoms with Crippen LogP contribution in [0.25, 0.3) is 0 Å². The first-order valence-electron chi connectivity index (χ1n) is 8.68. The van der Waals surface area contributed by atoms with Gasteiger partial charge < -0.3 is 9.47 Å². The summed E-state index contributed by atoms with van der Waals surface area (Å²) in [5.41, 5.74) is 0. The molecule has 0 aromatic heterocycles. The second-order valence-corrected chi connectivity index (χ2v) is 8.39. The van der Waals surface area contributed by atoms with Crippen molar-refractivity contribution in [2.24, 2.45) is 17.8 Å². The highest BCUT2D eigenvalue weighted by molar-refractivity contribution is 7.84. The van der Waals surface area contributed by atoms with Crippen LogP contribution in [0, 0.1) is 17.8 Å². The lowest BCUT2D eigenvalue weighted by atomic mass is 9.80. The van der Waals surface area contributed by atoms with E-state index in [4.69, 9.17) is 9.47 Å². The summed E-state index contributed by atoms with van der Waals surface area (Å²) in [7, 11) is -1.04. The maximum absolute atomic E-state index is 11.8. The average Bonchev–Trinajstić information content (AvgIpc) is 3.27. The Morgan fingerprint density at radius 2 is 2.00 bits per heavy atom. The lowest BCUT2D eigenvalue weighted by Crippen LogP contribution is -2.37. The van der Waals surface area contributed by atoms with Crippen LogP contribution in [0.1, 0.15) is 46.0 Å². The third-order valence-corrected chi connectivity index (χ3v) is 6.38. The number of nitrogens with one attached hydrogen (secondary N) is 1. The van der Waals surface area contributed by atoms with Crippen LogP contribution in [0.3, 0.4) is 0 Å². The van der Waals surface area contributed by atoms with Crippen LogP contribution in [0.4, 0.5) is 0 Å². The van der Waals surface area contributed by atoms with Gasteiger partial charge in [0.1, 0.15) is 6.10 Å². The molecule has 2 saturated heterocycles. The van der Waals surface area contributed by atoms with E-state index in [2.05, 4.69) is 4.18 Å². The van der Waals surface area contributed by atoms with Crippen molar-refractivity contribution in [3.05, 3.63) is 0 Å². The van der Waals surface area contributed by atoms with Gasteiger partial charge in [-0.05, 0) is 31.1 Å². The molecule has 1 aliphatic carbocycles. The van der Waals surface area contributed by atoms with Crippen molar-refractivity contribution in [1.82, 2.24) is 4.72 Å². The molecule has 3 rings (SSSR count). The summed E-state index contributed by atoms with van der Waals surface area (Å²) in [5, 5.41) is 0. The van der Waals surface area contributed by atoms with E-state index in [-0.39, 0.29) is 24.1 Å². The zero-order valence-corrected chi connectivity index (χ0v) is 15.7. The average molecular weight is 363 g/mol. The Morgan fingerprint density at radius 3 is 2.54 bits per heavy atom. The Morgan fingerprint density at radius 1 is 1.33 bits per heavy atom. The maximum atomic E-state index is 11.8. The summed E-state index contributed by atoms with van der Waals surface area (Å²) in [6.45, 7) is 3.96. The van der Waals surface area contributed by atoms with Crippen molar-refractivity contribution in [2.75, 3.05) is 14.2 Å². The van der Waals surface area contributed by atoms with E-state index in [1.165, 1.54) is 26.3 Å². The zero-order chi connectivity index (χ0) is 17.9. The van der Waals surface area contributed by atoms with Crippen LogP contribution in [0.2, 0.25) is 0 Å². The van der Waals surface area contributed by atoms with Crippen LogP contribution < -0.4 is 4.72 Å². The largest absolute Gasteiger partial charge is 0.459 e. The molecule has 2 aliphatic heterocycles. The molecule has 7 nitrogen and oxygen atoms in total. The molecule has 3 aliphatic rings. The van der Waals surface area contributed by atoms with Gasteiger partial charge in [0.05, 0.1) is 25.2 Å². The molecule has 0 amide bonds. The molecular weight excluding hydrogens is 334 g/mol. The van der Waals surface area contributed by atoms with Crippen LogP contribution in [0.15, 0.2) is 0 Å². The lowest BCUT2D eigenvalue weighted by Gasteiger charge is -2.28. The third kappa shape index (κ3) is 4.28. The Hall–Kier alpha value is -0.700. The van der Waals surface area contributed by atoms with Crippen LogP contribution in [-0.2, 0) is 28.8 Å². The topological polar surface area (TPSA) is 90.9 Å². The highest BCUT2D eigenvalue weighted by Crippen LogP contribution is 2.52. The molecule has 140 valence electrons. The predicted molar refractivity (Wildman–Crippen MR) is 88.4 cm³/mol. The first-order chi connectivity index (χ1) is 11.3. The van der Waals surface area contributed by atoms with E-state index in [0.29, 0.717) is 12.0 Å². The second-order valence-electron chi connectivity index (χ2n) is 6.74. The van der Waals surface area contributed by atoms with Gasteiger partial charge in [-0.15, -0.1) is 0 Å². The molecule has 24 heavy (non-hydrogen) atoms. The summed E-state index contributed by atoms with van der Waals surface area (Å²) in [5.74, 6) is 1.42. The molecule has 0 aromatic rings. The Bertz CT molecular complexity index is 527. The summed E-state index contributed by atoms with van der Waals surface area (Å²) >= 11 is 0. The first-order valence-corrected chi connectivity index (χ1v) is 10.1. The van der Waals surface area contributed by atoms with Crippen LogP contribution >= 0.6 is 0 Å². The standard InChI is InChI=1S/C14H22O3.C2H7NO3S/c1-3-8(2)14(15)17-12-7-11-9-5-4-6-10(9)13(12)16-11;1-3-7(4,5)6-2/h8-13H,3-7H2,1-2H3;3H,1-2H3. The lowest BCUT2D eigenvalue weighted by molar-refractivity contribution is -0.157. The van der Waals surface area contributed by atoms with Gasteiger partial charge in [0, 0.05) is 13.5 Å². The van der Waals surface area contributed by atoms with Crippen LogP contribution in [0.5, 0.6) is 0 Å². The summed E-state index contributed by atoms with van der Waals surface area (Å²) in [4.78, 5) is 11.8. The fourth-order valence-corrected chi connectivity index (χ4v) is 4.04. The molecule has 2 bridgehead atoms. The van der Waals surface area contributed by atoms with Crippen LogP contribution in [-0.4, -0.2) is 46.9 Å². The molecule has 6 unspecified atom stereocenters. The van der Waals surface area contributed by atoms with E-state index >= 15 is 0 Å². The van der Waals surface area contributed by atoms with Gasteiger partial charge in [0.15, 0.2) is 0 Å². The molecule has 3 fully saturated rings. The number of carbonyl (C=O) groups is 1. The van der Waals surface area contributed by atoms with Gasteiger partial charge in [-0.1, -0.05) is 20.3 Å². The van der Waals surface area contributed by atoms with E-state index < -0.39 is 10.3 Å². The molecule has 1 saturated carbocycles. The Balaban J connectivity index is 0.000000256. The third-order valence-electron chi connectivity index (χ3n) is 5.44. The van der Waals surface area contributed by atoms with Crippen molar-refractivity contribution in [2.45, 2.75) is 64.3 Å². The number of carbonyl (C=O) groups excluding carboxylic acids is 1. The number of fused-ring (bicyclic) bond motifs is 5.